The average Bonchev–Trinajstić information content (AvgIpc) is 2.57. The highest BCUT2D eigenvalue weighted by molar-refractivity contribution is 7.89. The summed E-state index contributed by atoms with van der Waals surface area (Å²) in [5.41, 5.74) is -2.02. The van der Waals surface area contributed by atoms with E-state index in [1.54, 1.807) is 18.2 Å². The summed E-state index contributed by atoms with van der Waals surface area (Å²) in [6.45, 7) is 0. The topological polar surface area (TPSA) is 101 Å². The first-order valence-corrected chi connectivity index (χ1v) is 9.18. The predicted octanol–water partition coefficient (Wildman–Crippen LogP) is 2.84. The van der Waals surface area contributed by atoms with Crippen molar-refractivity contribution in [2.75, 3.05) is 0 Å². The van der Waals surface area contributed by atoms with Crippen molar-refractivity contribution in [3.63, 3.8) is 0 Å². The highest BCUT2D eigenvalue weighted by Gasteiger charge is 2.44. The molecule has 2 rings (SSSR count). The van der Waals surface area contributed by atoms with Crippen molar-refractivity contribution in [3.8, 4) is 0 Å². The fourth-order valence-electron chi connectivity index (χ4n) is 2.25. The van der Waals surface area contributed by atoms with Gasteiger partial charge in [0.1, 0.15) is 6.29 Å². The zero-order chi connectivity index (χ0) is 18.7. The third-order valence-corrected chi connectivity index (χ3v) is 5.76. The van der Waals surface area contributed by atoms with Crippen molar-refractivity contribution in [3.05, 3.63) is 64.1 Å². The Morgan fingerprint density at radius 3 is 2.28 bits per heavy atom. The SMILES string of the molecule is O=CCC(NS(=O)(=O)c1ccc(Cl)c(Cl)c1)(C(=O)O)c1ccccc1. The number of aldehydes is 1. The summed E-state index contributed by atoms with van der Waals surface area (Å²) in [4.78, 5) is 22.7. The molecule has 0 aliphatic rings. The minimum atomic E-state index is -4.31. The summed E-state index contributed by atoms with van der Waals surface area (Å²) in [5.74, 6) is -1.51. The van der Waals surface area contributed by atoms with Gasteiger partial charge in [-0.2, -0.15) is 4.72 Å². The van der Waals surface area contributed by atoms with E-state index in [4.69, 9.17) is 23.2 Å². The smallest absolute Gasteiger partial charge is 0.330 e. The van der Waals surface area contributed by atoms with Crippen molar-refractivity contribution in [2.45, 2.75) is 16.9 Å². The van der Waals surface area contributed by atoms with E-state index in [0.29, 0.717) is 6.29 Å². The van der Waals surface area contributed by atoms with Crippen molar-refractivity contribution >= 4 is 45.5 Å². The third kappa shape index (κ3) is 4.01. The van der Waals surface area contributed by atoms with E-state index in [0.717, 1.165) is 6.07 Å². The van der Waals surface area contributed by atoms with Crippen LogP contribution in [0.25, 0.3) is 0 Å². The van der Waals surface area contributed by atoms with Gasteiger partial charge in [0.05, 0.1) is 14.9 Å². The van der Waals surface area contributed by atoms with Crippen LogP contribution in [0.1, 0.15) is 12.0 Å². The molecular formula is C16H13Cl2NO5S. The van der Waals surface area contributed by atoms with E-state index in [2.05, 4.69) is 4.72 Å². The average molecular weight is 402 g/mol. The molecular weight excluding hydrogens is 389 g/mol. The van der Waals surface area contributed by atoms with Crippen molar-refractivity contribution in [1.29, 1.82) is 0 Å². The maximum Gasteiger partial charge on any atom is 0.330 e. The minimum Gasteiger partial charge on any atom is -0.480 e. The molecule has 0 saturated carbocycles. The number of carbonyl (C=O) groups is 2. The standard InChI is InChI=1S/C16H13Cl2NO5S/c17-13-7-6-12(10-14(13)18)25(23,24)19-16(8-9-20,15(21)22)11-4-2-1-3-5-11/h1-7,9-10,19H,8H2,(H,21,22). The van der Waals surface area contributed by atoms with E-state index in [1.807, 2.05) is 0 Å². The van der Waals surface area contributed by atoms with Gasteiger partial charge in [0.15, 0.2) is 5.54 Å². The third-order valence-electron chi connectivity index (χ3n) is 3.53. The molecule has 0 bridgehead atoms. The second-order valence-electron chi connectivity index (χ2n) is 5.13. The summed E-state index contributed by atoms with van der Waals surface area (Å²) in [5, 5.41) is 9.84. The second-order valence-corrected chi connectivity index (χ2v) is 7.63. The molecule has 0 heterocycles. The quantitative estimate of drug-likeness (QED) is 0.694. The molecule has 9 heteroatoms. The Labute approximate surface area is 154 Å². The molecule has 6 nitrogen and oxygen atoms in total. The summed E-state index contributed by atoms with van der Waals surface area (Å²) in [6, 6.07) is 11.2. The molecule has 1 unspecified atom stereocenters. The molecule has 0 aromatic heterocycles. The van der Waals surface area contributed by atoms with Gasteiger partial charge in [0, 0.05) is 6.42 Å². The van der Waals surface area contributed by atoms with Gasteiger partial charge in [-0.25, -0.2) is 13.2 Å². The molecule has 0 radical (unpaired) electrons. The Balaban J connectivity index is 2.57. The molecule has 0 amide bonds. The first kappa shape index (κ1) is 19.4. The Kier molecular flexibility index (Phi) is 5.84. The van der Waals surface area contributed by atoms with Gasteiger partial charge in [0.2, 0.25) is 10.0 Å². The monoisotopic (exact) mass is 401 g/mol. The number of carboxylic acid groups (broad SMARTS) is 1. The molecule has 0 aliphatic heterocycles. The van der Waals surface area contributed by atoms with Gasteiger partial charge in [0.25, 0.3) is 0 Å². The Morgan fingerprint density at radius 1 is 1.12 bits per heavy atom. The van der Waals surface area contributed by atoms with Crippen LogP contribution in [0.2, 0.25) is 10.0 Å². The fourth-order valence-corrected chi connectivity index (χ4v) is 4.00. The molecule has 0 spiro atoms. The number of aliphatic carboxylic acids is 1. The van der Waals surface area contributed by atoms with Crippen LogP contribution < -0.4 is 4.72 Å². The molecule has 25 heavy (non-hydrogen) atoms. The lowest BCUT2D eigenvalue weighted by atomic mass is 9.88. The number of halogens is 2. The highest BCUT2D eigenvalue weighted by atomic mass is 35.5. The number of carbonyl (C=O) groups excluding carboxylic acids is 1. The second kappa shape index (κ2) is 7.53. The first-order chi connectivity index (χ1) is 11.7. The summed E-state index contributed by atoms with van der Waals surface area (Å²) >= 11 is 11.6. The van der Waals surface area contributed by atoms with Crippen LogP contribution in [0.5, 0.6) is 0 Å². The number of benzene rings is 2. The number of hydrogen-bond acceptors (Lipinski definition) is 4. The van der Waals surface area contributed by atoms with Crippen LogP contribution in [0.15, 0.2) is 53.4 Å². The minimum absolute atomic E-state index is 0.000523. The summed E-state index contributed by atoms with van der Waals surface area (Å²) in [7, 11) is -4.31. The lowest BCUT2D eigenvalue weighted by Crippen LogP contribution is -2.52. The number of rotatable bonds is 7. The van der Waals surface area contributed by atoms with Gasteiger partial charge < -0.3 is 9.90 Å². The largest absolute Gasteiger partial charge is 0.480 e. The number of hydrogen-bond donors (Lipinski definition) is 2. The van der Waals surface area contributed by atoms with Crippen LogP contribution in [0.4, 0.5) is 0 Å². The maximum atomic E-state index is 12.7. The molecule has 132 valence electrons. The molecule has 0 aliphatic carbocycles. The first-order valence-electron chi connectivity index (χ1n) is 6.94. The van der Waals surface area contributed by atoms with E-state index in [-0.39, 0.29) is 20.5 Å². The molecule has 0 saturated heterocycles. The lowest BCUT2D eigenvalue weighted by Gasteiger charge is -2.29. The Hall–Kier alpha value is -1.93. The highest BCUT2D eigenvalue weighted by Crippen LogP contribution is 2.30. The zero-order valence-corrected chi connectivity index (χ0v) is 15.0. The van der Waals surface area contributed by atoms with E-state index in [9.17, 15) is 23.1 Å². The van der Waals surface area contributed by atoms with Gasteiger partial charge in [-0.1, -0.05) is 53.5 Å². The van der Waals surface area contributed by atoms with Gasteiger partial charge >= 0.3 is 5.97 Å². The number of sulfonamides is 1. The summed E-state index contributed by atoms with van der Waals surface area (Å²) < 4.78 is 27.5. The number of nitrogens with one attached hydrogen (secondary N) is 1. The molecule has 1 atom stereocenters. The maximum absolute atomic E-state index is 12.7. The van der Waals surface area contributed by atoms with Crippen LogP contribution in [-0.2, 0) is 25.2 Å². The molecule has 2 N–H and O–H groups in total. The Bertz CT molecular complexity index is 902. The van der Waals surface area contributed by atoms with Crippen LogP contribution in [0.3, 0.4) is 0 Å². The molecule has 0 fully saturated rings. The van der Waals surface area contributed by atoms with Crippen LogP contribution >= 0.6 is 23.2 Å². The van der Waals surface area contributed by atoms with Gasteiger partial charge in [-0.15, -0.1) is 0 Å². The van der Waals surface area contributed by atoms with Gasteiger partial charge in [-0.3, -0.25) is 0 Å². The number of carboxylic acids is 1. The van der Waals surface area contributed by atoms with Gasteiger partial charge in [-0.05, 0) is 23.8 Å². The normalized spacial score (nSPS) is 13.8. The van der Waals surface area contributed by atoms with Crippen molar-refractivity contribution in [1.82, 2.24) is 4.72 Å². The van der Waals surface area contributed by atoms with Crippen molar-refractivity contribution < 1.29 is 23.1 Å². The predicted molar refractivity (Wildman–Crippen MR) is 93.2 cm³/mol. The Morgan fingerprint density at radius 2 is 1.76 bits per heavy atom. The van der Waals surface area contributed by atoms with E-state index < -0.39 is 28.0 Å². The lowest BCUT2D eigenvalue weighted by molar-refractivity contribution is -0.145. The van der Waals surface area contributed by atoms with E-state index in [1.165, 1.54) is 24.3 Å². The van der Waals surface area contributed by atoms with Crippen LogP contribution in [-0.4, -0.2) is 25.8 Å². The fraction of sp³-hybridized carbons (Fsp3) is 0.125. The zero-order valence-electron chi connectivity index (χ0n) is 12.6. The van der Waals surface area contributed by atoms with Crippen LogP contribution in [0, 0.1) is 0 Å². The van der Waals surface area contributed by atoms with E-state index >= 15 is 0 Å². The summed E-state index contributed by atoms with van der Waals surface area (Å²) in [6.07, 6.45) is -0.245. The molecule has 2 aromatic carbocycles. The van der Waals surface area contributed by atoms with Crippen molar-refractivity contribution in [2.24, 2.45) is 0 Å². The molecule has 2 aromatic rings.